The Morgan fingerprint density at radius 1 is 1.26 bits per heavy atom. The third kappa shape index (κ3) is 5.30. The number of pyridine rings is 1. The van der Waals surface area contributed by atoms with E-state index in [4.69, 9.17) is 4.74 Å². The Morgan fingerprint density at radius 2 is 1.96 bits per heavy atom. The molecular weight excluding hydrogens is 294 g/mol. The Bertz CT molecular complexity index is 604. The third-order valence-electron chi connectivity index (χ3n) is 3.32. The summed E-state index contributed by atoms with van der Waals surface area (Å²) in [6.45, 7) is 1.81. The summed E-state index contributed by atoms with van der Waals surface area (Å²) < 4.78 is 4.94. The molecule has 0 aliphatic carbocycles. The van der Waals surface area contributed by atoms with Crippen molar-refractivity contribution in [2.45, 2.75) is 6.42 Å². The smallest absolute Gasteiger partial charge is 0.256 e. The number of rotatable bonds is 8. The van der Waals surface area contributed by atoms with E-state index in [2.05, 4.69) is 20.3 Å². The predicted octanol–water partition coefficient (Wildman–Crippen LogP) is 1.24. The first-order chi connectivity index (χ1) is 11.2. The molecule has 2 rings (SSSR count). The van der Waals surface area contributed by atoms with E-state index >= 15 is 0 Å². The Balaban J connectivity index is 1.86. The van der Waals surface area contributed by atoms with Gasteiger partial charge in [0.15, 0.2) is 0 Å². The Kier molecular flexibility index (Phi) is 6.43. The molecule has 1 amide bonds. The Hall–Kier alpha value is -2.54. The number of aromatic nitrogens is 3. The first kappa shape index (κ1) is 16.8. The van der Waals surface area contributed by atoms with Gasteiger partial charge in [0.2, 0.25) is 5.95 Å². The lowest BCUT2D eigenvalue weighted by Gasteiger charge is -2.17. The zero-order valence-electron chi connectivity index (χ0n) is 13.4. The molecule has 2 aromatic heterocycles. The van der Waals surface area contributed by atoms with Gasteiger partial charge in [0.05, 0.1) is 12.2 Å². The molecule has 2 aromatic rings. The minimum atomic E-state index is -0.0949. The lowest BCUT2D eigenvalue weighted by molar-refractivity contribution is 0.0796. The Morgan fingerprint density at radius 3 is 2.61 bits per heavy atom. The van der Waals surface area contributed by atoms with E-state index in [0.29, 0.717) is 31.2 Å². The molecule has 0 spiro atoms. The number of nitrogens with one attached hydrogen (secondary N) is 1. The molecule has 1 N–H and O–H groups in total. The molecule has 2 heterocycles. The monoisotopic (exact) mass is 315 g/mol. The average Bonchev–Trinajstić information content (AvgIpc) is 2.61. The lowest BCUT2D eigenvalue weighted by Crippen LogP contribution is -2.29. The zero-order valence-corrected chi connectivity index (χ0v) is 13.4. The van der Waals surface area contributed by atoms with E-state index in [0.717, 1.165) is 12.0 Å². The molecule has 0 atom stereocenters. The summed E-state index contributed by atoms with van der Waals surface area (Å²) in [5, 5.41) is 3.01. The number of hydrogen-bond donors (Lipinski definition) is 1. The van der Waals surface area contributed by atoms with Crippen LogP contribution in [0, 0.1) is 0 Å². The maximum atomic E-state index is 12.3. The first-order valence-corrected chi connectivity index (χ1v) is 7.40. The zero-order chi connectivity index (χ0) is 16.5. The number of likely N-dealkylation sites (N-methyl/N-ethyl adjacent to an activating group) is 1. The molecule has 0 saturated heterocycles. The number of carbonyl (C=O) groups excluding carboxylic acids is 1. The van der Waals surface area contributed by atoms with Crippen molar-refractivity contribution in [3.05, 3.63) is 48.0 Å². The van der Waals surface area contributed by atoms with Gasteiger partial charge in [-0.05, 0) is 24.1 Å². The fraction of sp³-hybridized carbons (Fsp3) is 0.375. The van der Waals surface area contributed by atoms with E-state index in [-0.39, 0.29) is 5.91 Å². The first-order valence-electron chi connectivity index (χ1n) is 7.40. The number of ether oxygens (including phenoxy) is 1. The molecule has 0 radical (unpaired) electrons. The van der Waals surface area contributed by atoms with Crippen molar-refractivity contribution in [3.8, 4) is 0 Å². The van der Waals surface area contributed by atoms with Crippen LogP contribution >= 0.6 is 0 Å². The number of methoxy groups -OCH3 is 1. The summed E-state index contributed by atoms with van der Waals surface area (Å²) in [7, 11) is 3.40. The largest absolute Gasteiger partial charge is 0.383 e. The van der Waals surface area contributed by atoms with Gasteiger partial charge in [0.25, 0.3) is 5.91 Å². The van der Waals surface area contributed by atoms with Gasteiger partial charge >= 0.3 is 0 Å². The van der Waals surface area contributed by atoms with Crippen molar-refractivity contribution >= 4 is 11.9 Å². The molecule has 0 saturated carbocycles. The highest BCUT2D eigenvalue weighted by Crippen LogP contribution is 2.05. The minimum Gasteiger partial charge on any atom is -0.383 e. The normalized spacial score (nSPS) is 10.3. The SMILES string of the molecule is COCCNc1ncc(C(=O)N(C)CCc2ccncc2)cn1. The minimum absolute atomic E-state index is 0.0949. The lowest BCUT2D eigenvalue weighted by atomic mass is 10.2. The molecule has 0 aliphatic heterocycles. The van der Waals surface area contributed by atoms with Crippen LogP contribution in [-0.4, -0.2) is 59.6 Å². The van der Waals surface area contributed by atoms with Crippen molar-refractivity contribution in [2.24, 2.45) is 0 Å². The van der Waals surface area contributed by atoms with Crippen LogP contribution in [0.15, 0.2) is 36.9 Å². The van der Waals surface area contributed by atoms with Crippen molar-refractivity contribution in [3.63, 3.8) is 0 Å². The van der Waals surface area contributed by atoms with Crippen molar-refractivity contribution in [2.75, 3.05) is 39.2 Å². The average molecular weight is 315 g/mol. The van der Waals surface area contributed by atoms with Gasteiger partial charge in [-0.2, -0.15) is 0 Å². The highest BCUT2D eigenvalue weighted by molar-refractivity contribution is 5.93. The standard InChI is InChI=1S/C16H21N5O2/c1-21(9-5-13-3-6-17-7-4-13)15(22)14-11-19-16(20-12-14)18-8-10-23-2/h3-4,6-7,11-12H,5,8-10H2,1-2H3,(H,18,19,20). The Labute approximate surface area is 135 Å². The number of amides is 1. The van der Waals surface area contributed by atoms with Gasteiger partial charge < -0.3 is 15.0 Å². The van der Waals surface area contributed by atoms with E-state index in [1.807, 2.05) is 12.1 Å². The molecule has 0 unspecified atom stereocenters. The second-order valence-corrected chi connectivity index (χ2v) is 5.05. The number of carbonyl (C=O) groups is 1. The van der Waals surface area contributed by atoms with Crippen molar-refractivity contribution < 1.29 is 9.53 Å². The van der Waals surface area contributed by atoms with Gasteiger partial charge in [0.1, 0.15) is 0 Å². The highest BCUT2D eigenvalue weighted by atomic mass is 16.5. The molecule has 7 nitrogen and oxygen atoms in total. The second kappa shape index (κ2) is 8.79. The van der Waals surface area contributed by atoms with Crippen molar-refractivity contribution in [1.82, 2.24) is 19.9 Å². The number of nitrogens with zero attached hydrogens (tertiary/aromatic N) is 4. The molecule has 0 aliphatic rings. The van der Waals surface area contributed by atoms with Gasteiger partial charge in [-0.25, -0.2) is 9.97 Å². The molecule has 0 fully saturated rings. The van der Waals surface area contributed by atoms with Crippen LogP contribution in [0.2, 0.25) is 0 Å². The van der Waals surface area contributed by atoms with Crippen LogP contribution in [0.5, 0.6) is 0 Å². The van der Waals surface area contributed by atoms with Crippen LogP contribution in [0.4, 0.5) is 5.95 Å². The molecule has 0 bridgehead atoms. The van der Waals surface area contributed by atoms with Crippen LogP contribution in [0.1, 0.15) is 15.9 Å². The fourth-order valence-electron chi connectivity index (χ4n) is 1.96. The van der Waals surface area contributed by atoms with Gasteiger partial charge in [0, 0.05) is 52.0 Å². The van der Waals surface area contributed by atoms with Crippen LogP contribution in [-0.2, 0) is 11.2 Å². The second-order valence-electron chi connectivity index (χ2n) is 5.05. The summed E-state index contributed by atoms with van der Waals surface area (Å²) in [4.78, 5) is 26.3. The van der Waals surface area contributed by atoms with Gasteiger partial charge in [-0.1, -0.05) is 0 Å². The van der Waals surface area contributed by atoms with Crippen LogP contribution in [0.3, 0.4) is 0 Å². The maximum Gasteiger partial charge on any atom is 0.256 e. The topological polar surface area (TPSA) is 80.2 Å². The highest BCUT2D eigenvalue weighted by Gasteiger charge is 2.12. The summed E-state index contributed by atoms with van der Waals surface area (Å²) in [5.41, 5.74) is 1.62. The predicted molar refractivity (Wildman–Crippen MR) is 87.3 cm³/mol. The number of hydrogen-bond acceptors (Lipinski definition) is 6. The third-order valence-corrected chi connectivity index (χ3v) is 3.32. The maximum absolute atomic E-state index is 12.3. The molecule has 0 aromatic carbocycles. The van der Waals surface area contributed by atoms with Gasteiger partial charge in [-0.15, -0.1) is 0 Å². The summed E-state index contributed by atoms with van der Waals surface area (Å²) in [6.07, 6.45) is 7.35. The van der Waals surface area contributed by atoms with E-state index < -0.39 is 0 Å². The number of anilines is 1. The van der Waals surface area contributed by atoms with E-state index in [1.165, 1.54) is 12.4 Å². The van der Waals surface area contributed by atoms with Crippen LogP contribution < -0.4 is 5.32 Å². The summed E-state index contributed by atoms with van der Waals surface area (Å²) in [6, 6.07) is 3.89. The molecule has 7 heteroatoms. The fourth-order valence-corrected chi connectivity index (χ4v) is 1.96. The quantitative estimate of drug-likeness (QED) is 0.738. The van der Waals surface area contributed by atoms with Crippen molar-refractivity contribution in [1.29, 1.82) is 0 Å². The van der Waals surface area contributed by atoms with E-state index in [1.54, 1.807) is 31.5 Å². The van der Waals surface area contributed by atoms with E-state index in [9.17, 15) is 4.79 Å². The summed E-state index contributed by atoms with van der Waals surface area (Å²) >= 11 is 0. The molecule has 122 valence electrons. The van der Waals surface area contributed by atoms with Crippen LogP contribution in [0.25, 0.3) is 0 Å². The van der Waals surface area contributed by atoms with Gasteiger partial charge in [-0.3, -0.25) is 9.78 Å². The molecule has 23 heavy (non-hydrogen) atoms. The molecular formula is C16H21N5O2. The summed E-state index contributed by atoms with van der Waals surface area (Å²) in [5.74, 6) is 0.389.